The first-order valence-corrected chi connectivity index (χ1v) is 7.21. The minimum Gasteiger partial charge on any atom is -0.390 e. The maximum absolute atomic E-state index is 10.1. The average Bonchev–Trinajstić information content (AvgIpc) is 2.70. The van der Waals surface area contributed by atoms with E-state index in [1.54, 1.807) is 11.3 Å². The minimum absolute atomic E-state index is 0.367. The Bertz CT molecular complexity index is 336. The third kappa shape index (κ3) is 4.74. The van der Waals surface area contributed by atoms with Crippen molar-refractivity contribution in [3.05, 3.63) is 16.1 Å². The number of nitrogens with zero attached hydrogens (tertiary/aromatic N) is 1. The molecule has 0 aromatic carbocycles. The number of aliphatic hydroxyl groups is 1. The Labute approximate surface area is 108 Å². The Morgan fingerprint density at radius 1 is 1.53 bits per heavy atom. The van der Waals surface area contributed by atoms with Crippen LogP contribution >= 0.6 is 11.3 Å². The highest BCUT2D eigenvalue weighted by Crippen LogP contribution is 2.19. The highest BCUT2D eigenvalue weighted by Gasteiger charge is 2.22. The van der Waals surface area contributed by atoms with Crippen molar-refractivity contribution in [2.75, 3.05) is 0 Å². The molecule has 0 spiro atoms. The van der Waals surface area contributed by atoms with Gasteiger partial charge in [0.2, 0.25) is 0 Å². The third-order valence-electron chi connectivity index (χ3n) is 3.34. The van der Waals surface area contributed by atoms with Crippen LogP contribution in [0, 0.1) is 6.92 Å². The zero-order valence-corrected chi connectivity index (χ0v) is 12.1. The van der Waals surface area contributed by atoms with Crippen LogP contribution in [0.5, 0.6) is 0 Å². The molecule has 98 valence electrons. The lowest BCUT2D eigenvalue weighted by Crippen LogP contribution is -2.37. The SMILES string of the molecule is CCC(CC(C)(O)CC)NCc1scnc1C. The second-order valence-corrected chi connectivity index (χ2v) is 5.84. The Morgan fingerprint density at radius 3 is 2.71 bits per heavy atom. The van der Waals surface area contributed by atoms with Crippen LogP contribution in [0.25, 0.3) is 0 Å². The molecule has 0 bridgehead atoms. The number of hydrogen-bond acceptors (Lipinski definition) is 4. The van der Waals surface area contributed by atoms with Crippen LogP contribution in [0.2, 0.25) is 0 Å². The number of thiazole rings is 1. The van der Waals surface area contributed by atoms with Crippen molar-refractivity contribution in [1.82, 2.24) is 10.3 Å². The molecule has 0 saturated heterocycles. The van der Waals surface area contributed by atoms with Crippen molar-refractivity contribution in [2.45, 2.75) is 65.1 Å². The molecule has 4 heteroatoms. The van der Waals surface area contributed by atoms with E-state index in [0.29, 0.717) is 6.04 Å². The monoisotopic (exact) mass is 256 g/mol. The second kappa shape index (κ2) is 6.47. The molecular formula is C13H24N2OS. The van der Waals surface area contributed by atoms with E-state index in [9.17, 15) is 5.11 Å². The first-order valence-electron chi connectivity index (χ1n) is 6.33. The smallest absolute Gasteiger partial charge is 0.0798 e. The quantitative estimate of drug-likeness (QED) is 0.788. The summed E-state index contributed by atoms with van der Waals surface area (Å²) in [5, 5.41) is 13.6. The Morgan fingerprint density at radius 2 is 2.24 bits per heavy atom. The molecule has 2 unspecified atom stereocenters. The number of rotatable bonds is 7. The summed E-state index contributed by atoms with van der Waals surface area (Å²) in [4.78, 5) is 5.53. The van der Waals surface area contributed by atoms with E-state index in [2.05, 4.69) is 17.2 Å². The molecule has 3 nitrogen and oxygen atoms in total. The van der Waals surface area contributed by atoms with Gasteiger partial charge in [0.25, 0.3) is 0 Å². The molecule has 0 aliphatic carbocycles. The van der Waals surface area contributed by atoms with Crippen molar-refractivity contribution in [1.29, 1.82) is 0 Å². The van der Waals surface area contributed by atoms with Crippen LogP contribution in [0.3, 0.4) is 0 Å². The van der Waals surface area contributed by atoms with Gasteiger partial charge in [0, 0.05) is 17.5 Å². The zero-order chi connectivity index (χ0) is 12.9. The van der Waals surface area contributed by atoms with Crippen molar-refractivity contribution in [2.24, 2.45) is 0 Å². The van der Waals surface area contributed by atoms with Crippen LogP contribution in [-0.2, 0) is 6.54 Å². The minimum atomic E-state index is -0.559. The van der Waals surface area contributed by atoms with Crippen molar-refractivity contribution in [3.8, 4) is 0 Å². The number of aryl methyl sites for hydroxylation is 1. The summed E-state index contributed by atoms with van der Waals surface area (Å²) < 4.78 is 0. The molecule has 1 rings (SSSR count). The van der Waals surface area contributed by atoms with E-state index in [1.165, 1.54) is 4.88 Å². The van der Waals surface area contributed by atoms with E-state index in [-0.39, 0.29) is 0 Å². The normalized spacial score (nSPS) is 16.8. The second-order valence-electron chi connectivity index (χ2n) is 4.90. The lowest BCUT2D eigenvalue weighted by atomic mass is 9.93. The fourth-order valence-electron chi connectivity index (χ4n) is 1.77. The van der Waals surface area contributed by atoms with Gasteiger partial charge < -0.3 is 10.4 Å². The molecular weight excluding hydrogens is 232 g/mol. The van der Waals surface area contributed by atoms with Crippen molar-refractivity contribution < 1.29 is 5.11 Å². The summed E-state index contributed by atoms with van der Waals surface area (Å²) in [6.45, 7) is 8.99. The Balaban J connectivity index is 2.45. The molecule has 1 aromatic rings. The molecule has 1 heterocycles. The Hall–Kier alpha value is -0.450. The van der Waals surface area contributed by atoms with Gasteiger partial charge in [-0.1, -0.05) is 13.8 Å². The lowest BCUT2D eigenvalue weighted by molar-refractivity contribution is 0.0355. The number of hydrogen-bond donors (Lipinski definition) is 2. The summed E-state index contributed by atoms with van der Waals surface area (Å²) >= 11 is 1.69. The number of nitrogens with one attached hydrogen (secondary N) is 1. The van der Waals surface area contributed by atoms with Gasteiger partial charge in [-0.15, -0.1) is 11.3 Å². The maximum atomic E-state index is 10.1. The van der Waals surface area contributed by atoms with Gasteiger partial charge in [0.1, 0.15) is 0 Å². The highest BCUT2D eigenvalue weighted by molar-refractivity contribution is 7.09. The third-order valence-corrected chi connectivity index (χ3v) is 4.27. The van der Waals surface area contributed by atoms with Crippen LogP contribution < -0.4 is 5.32 Å². The van der Waals surface area contributed by atoms with Crippen LogP contribution in [0.1, 0.15) is 50.6 Å². The summed E-state index contributed by atoms with van der Waals surface area (Å²) in [6.07, 6.45) is 2.64. The molecule has 0 saturated carbocycles. The molecule has 0 radical (unpaired) electrons. The van der Waals surface area contributed by atoms with Gasteiger partial charge in [0.15, 0.2) is 0 Å². The molecule has 0 amide bonds. The maximum Gasteiger partial charge on any atom is 0.0798 e. The van der Waals surface area contributed by atoms with E-state index < -0.39 is 5.60 Å². The molecule has 17 heavy (non-hydrogen) atoms. The molecule has 2 atom stereocenters. The predicted molar refractivity (Wildman–Crippen MR) is 73.3 cm³/mol. The van der Waals surface area contributed by atoms with Gasteiger partial charge >= 0.3 is 0 Å². The lowest BCUT2D eigenvalue weighted by Gasteiger charge is -2.27. The van der Waals surface area contributed by atoms with Crippen molar-refractivity contribution >= 4 is 11.3 Å². The van der Waals surface area contributed by atoms with E-state index >= 15 is 0 Å². The fourth-order valence-corrected chi connectivity index (χ4v) is 2.50. The molecule has 1 aromatic heterocycles. The van der Waals surface area contributed by atoms with Crippen molar-refractivity contribution in [3.63, 3.8) is 0 Å². The highest BCUT2D eigenvalue weighted by atomic mass is 32.1. The fraction of sp³-hybridized carbons (Fsp3) is 0.769. The van der Waals surface area contributed by atoms with Crippen LogP contribution in [0.15, 0.2) is 5.51 Å². The topological polar surface area (TPSA) is 45.1 Å². The largest absolute Gasteiger partial charge is 0.390 e. The molecule has 0 fully saturated rings. The van der Waals surface area contributed by atoms with Gasteiger partial charge in [-0.25, -0.2) is 4.98 Å². The molecule has 2 N–H and O–H groups in total. The first kappa shape index (κ1) is 14.6. The van der Waals surface area contributed by atoms with Gasteiger partial charge in [-0.3, -0.25) is 0 Å². The average molecular weight is 256 g/mol. The molecule has 0 aliphatic heterocycles. The van der Waals surface area contributed by atoms with E-state index in [4.69, 9.17) is 0 Å². The van der Waals surface area contributed by atoms with Gasteiger partial charge in [-0.2, -0.15) is 0 Å². The van der Waals surface area contributed by atoms with Crippen LogP contribution in [-0.4, -0.2) is 21.7 Å². The predicted octanol–water partition coefficient (Wildman–Crippen LogP) is 2.87. The summed E-state index contributed by atoms with van der Waals surface area (Å²) in [5.74, 6) is 0. The standard InChI is InChI=1S/C13H24N2OS/c1-5-11(7-13(4,16)6-2)14-8-12-10(3)15-9-17-12/h9,11,14,16H,5-8H2,1-4H3. The van der Waals surface area contributed by atoms with Gasteiger partial charge in [0.05, 0.1) is 16.8 Å². The first-order chi connectivity index (χ1) is 7.98. The summed E-state index contributed by atoms with van der Waals surface area (Å²) in [7, 11) is 0. The summed E-state index contributed by atoms with van der Waals surface area (Å²) in [5.41, 5.74) is 2.44. The zero-order valence-electron chi connectivity index (χ0n) is 11.3. The van der Waals surface area contributed by atoms with E-state index in [1.807, 2.05) is 26.3 Å². The Kier molecular flexibility index (Phi) is 5.56. The molecule has 0 aliphatic rings. The number of aromatic nitrogens is 1. The van der Waals surface area contributed by atoms with Gasteiger partial charge in [-0.05, 0) is 33.1 Å². The van der Waals surface area contributed by atoms with Crippen LogP contribution in [0.4, 0.5) is 0 Å². The van der Waals surface area contributed by atoms with E-state index in [0.717, 1.165) is 31.5 Å². The summed E-state index contributed by atoms with van der Waals surface area (Å²) in [6, 6.07) is 0.367.